The lowest BCUT2D eigenvalue weighted by atomic mass is 10.1. The van der Waals surface area contributed by atoms with Crippen molar-refractivity contribution in [2.75, 3.05) is 0 Å². The minimum atomic E-state index is 0.386. The van der Waals surface area contributed by atoms with Crippen LogP contribution >= 0.6 is 0 Å². The van der Waals surface area contributed by atoms with Gasteiger partial charge in [-0.3, -0.25) is 4.79 Å². The first-order valence-electron chi connectivity index (χ1n) is 4.58. The minimum absolute atomic E-state index is 0.386. The van der Waals surface area contributed by atoms with E-state index in [1.165, 1.54) is 25.7 Å². The molecule has 0 saturated heterocycles. The van der Waals surface area contributed by atoms with Crippen LogP contribution in [0.4, 0.5) is 0 Å². The summed E-state index contributed by atoms with van der Waals surface area (Å²) in [6, 6.07) is 0. The minimum Gasteiger partial charge on any atom is -0.295 e. The van der Waals surface area contributed by atoms with Crippen LogP contribution < -0.4 is 0 Å². The lowest BCUT2D eigenvalue weighted by molar-refractivity contribution is -0.116. The van der Waals surface area contributed by atoms with Crippen LogP contribution in [0.2, 0.25) is 0 Å². The Labute approximate surface area is 67.5 Å². The summed E-state index contributed by atoms with van der Waals surface area (Å²) >= 11 is 0. The van der Waals surface area contributed by atoms with Crippen LogP contribution in [0.25, 0.3) is 0 Å². The highest BCUT2D eigenvalue weighted by Crippen LogP contribution is 2.43. The molecule has 0 spiro atoms. The van der Waals surface area contributed by atoms with Crippen LogP contribution in [-0.2, 0) is 4.79 Å². The van der Waals surface area contributed by atoms with Crippen LogP contribution in [0.15, 0.2) is 12.2 Å². The largest absolute Gasteiger partial charge is 0.295 e. The molecule has 0 amide bonds. The molecule has 0 aliphatic heterocycles. The molecule has 1 saturated carbocycles. The van der Waals surface area contributed by atoms with Gasteiger partial charge in [0.05, 0.1) is 0 Å². The van der Waals surface area contributed by atoms with Crippen molar-refractivity contribution in [3.63, 3.8) is 0 Å². The Kier molecular flexibility index (Phi) is 1.80. The van der Waals surface area contributed by atoms with Gasteiger partial charge in [0.25, 0.3) is 0 Å². The van der Waals surface area contributed by atoms with Crippen molar-refractivity contribution < 1.29 is 4.79 Å². The van der Waals surface area contributed by atoms with Gasteiger partial charge in [0.15, 0.2) is 5.78 Å². The smallest absolute Gasteiger partial charge is 0.158 e. The first kappa shape index (κ1) is 7.08. The van der Waals surface area contributed by atoms with Crippen LogP contribution in [0.1, 0.15) is 32.1 Å². The number of ketones is 1. The molecule has 0 heterocycles. The van der Waals surface area contributed by atoms with Gasteiger partial charge < -0.3 is 0 Å². The van der Waals surface area contributed by atoms with Gasteiger partial charge in [0.2, 0.25) is 0 Å². The van der Waals surface area contributed by atoms with E-state index in [0.717, 1.165) is 12.3 Å². The number of carbonyl (C=O) groups is 1. The Balaban J connectivity index is 2.01. The Hall–Kier alpha value is -0.590. The third-order valence-electron chi connectivity index (χ3n) is 2.77. The number of carbonyl (C=O) groups excluding carboxylic acids is 1. The van der Waals surface area contributed by atoms with Crippen molar-refractivity contribution in [2.24, 2.45) is 11.8 Å². The second-order valence-corrected chi connectivity index (χ2v) is 3.69. The molecule has 0 unspecified atom stereocenters. The third-order valence-corrected chi connectivity index (χ3v) is 2.77. The van der Waals surface area contributed by atoms with Crippen LogP contribution in [0.3, 0.4) is 0 Å². The summed E-state index contributed by atoms with van der Waals surface area (Å²) in [7, 11) is 0. The Morgan fingerprint density at radius 3 is 3.18 bits per heavy atom. The van der Waals surface area contributed by atoms with Gasteiger partial charge >= 0.3 is 0 Å². The topological polar surface area (TPSA) is 17.1 Å². The van der Waals surface area contributed by atoms with E-state index in [2.05, 4.69) is 0 Å². The van der Waals surface area contributed by atoms with Gasteiger partial charge in [0, 0.05) is 5.92 Å². The lowest BCUT2D eigenvalue weighted by Gasteiger charge is -1.93. The summed E-state index contributed by atoms with van der Waals surface area (Å²) in [5.41, 5.74) is 0. The molecule has 11 heavy (non-hydrogen) atoms. The zero-order valence-corrected chi connectivity index (χ0v) is 6.75. The second kappa shape index (κ2) is 2.80. The molecule has 0 aromatic carbocycles. The van der Waals surface area contributed by atoms with Crippen molar-refractivity contribution >= 4 is 5.78 Å². The van der Waals surface area contributed by atoms with Gasteiger partial charge in [-0.15, -0.1) is 0 Å². The SMILES string of the molecule is O=C1/C=C\CCCC[C@H]2C[C@@H]12. The normalized spacial score (nSPS) is 39.8. The van der Waals surface area contributed by atoms with Gasteiger partial charge in [0.1, 0.15) is 0 Å². The average Bonchev–Trinajstić information content (AvgIpc) is 2.74. The number of fused-ring (bicyclic) bond motifs is 1. The van der Waals surface area contributed by atoms with E-state index in [0.29, 0.717) is 11.7 Å². The van der Waals surface area contributed by atoms with E-state index in [1.807, 2.05) is 6.08 Å². The summed E-state index contributed by atoms with van der Waals surface area (Å²) < 4.78 is 0. The summed E-state index contributed by atoms with van der Waals surface area (Å²) in [5, 5.41) is 0. The van der Waals surface area contributed by atoms with E-state index in [1.54, 1.807) is 6.08 Å². The highest BCUT2D eigenvalue weighted by Gasteiger charge is 2.40. The number of rotatable bonds is 0. The van der Waals surface area contributed by atoms with E-state index in [9.17, 15) is 4.79 Å². The van der Waals surface area contributed by atoms with Crippen LogP contribution in [0, 0.1) is 11.8 Å². The van der Waals surface area contributed by atoms with Gasteiger partial charge in [-0.05, 0) is 37.7 Å². The quantitative estimate of drug-likeness (QED) is 0.518. The summed E-state index contributed by atoms with van der Waals surface area (Å²) in [4.78, 5) is 11.3. The van der Waals surface area contributed by atoms with E-state index in [4.69, 9.17) is 0 Å². The molecular formula is C10H14O. The molecule has 2 aliphatic carbocycles. The standard InChI is InChI=1S/C10H14O/c11-10-6-4-2-1-3-5-8-7-9(8)10/h4,6,8-9H,1-3,5,7H2/b6-4-/t8-,9+/m0/s1. The molecule has 2 aliphatic rings. The fraction of sp³-hybridized carbons (Fsp3) is 0.700. The van der Waals surface area contributed by atoms with Gasteiger partial charge in [-0.2, -0.15) is 0 Å². The molecule has 0 bridgehead atoms. The maximum Gasteiger partial charge on any atom is 0.158 e. The predicted molar refractivity (Wildman–Crippen MR) is 44.2 cm³/mol. The number of hydrogen-bond donors (Lipinski definition) is 0. The zero-order valence-electron chi connectivity index (χ0n) is 6.75. The molecule has 1 heteroatoms. The highest BCUT2D eigenvalue weighted by molar-refractivity contribution is 5.93. The molecule has 0 radical (unpaired) electrons. The second-order valence-electron chi connectivity index (χ2n) is 3.69. The third kappa shape index (κ3) is 1.52. The first-order valence-corrected chi connectivity index (χ1v) is 4.58. The molecule has 2 atom stereocenters. The molecule has 1 fully saturated rings. The van der Waals surface area contributed by atoms with E-state index in [-0.39, 0.29) is 0 Å². The van der Waals surface area contributed by atoms with Crippen LogP contribution in [0.5, 0.6) is 0 Å². The molecular weight excluding hydrogens is 136 g/mol. The van der Waals surface area contributed by atoms with Crippen molar-refractivity contribution in [3.8, 4) is 0 Å². The molecule has 1 nitrogen and oxygen atoms in total. The Morgan fingerprint density at radius 2 is 2.27 bits per heavy atom. The van der Waals surface area contributed by atoms with Crippen molar-refractivity contribution in [3.05, 3.63) is 12.2 Å². The lowest BCUT2D eigenvalue weighted by Crippen LogP contribution is -1.96. The molecule has 0 N–H and O–H groups in total. The molecule has 0 aromatic heterocycles. The predicted octanol–water partition coefficient (Wildman–Crippen LogP) is 2.32. The van der Waals surface area contributed by atoms with E-state index >= 15 is 0 Å². The molecule has 60 valence electrons. The molecule has 2 rings (SSSR count). The fourth-order valence-corrected chi connectivity index (χ4v) is 1.91. The summed E-state index contributed by atoms with van der Waals surface area (Å²) in [6.45, 7) is 0. The maximum absolute atomic E-state index is 11.3. The van der Waals surface area contributed by atoms with Crippen molar-refractivity contribution in [1.82, 2.24) is 0 Å². The fourth-order valence-electron chi connectivity index (χ4n) is 1.91. The summed E-state index contributed by atoms with van der Waals surface area (Å²) in [5.74, 6) is 1.56. The summed E-state index contributed by atoms with van der Waals surface area (Å²) in [6.07, 6.45) is 10.00. The van der Waals surface area contributed by atoms with Gasteiger partial charge in [-0.25, -0.2) is 0 Å². The van der Waals surface area contributed by atoms with Crippen molar-refractivity contribution in [1.29, 1.82) is 0 Å². The van der Waals surface area contributed by atoms with Crippen molar-refractivity contribution in [2.45, 2.75) is 32.1 Å². The average molecular weight is 150 g/mol. The number of hydrogen-bond acceptors (Lipinski definition) is 1. The highest BCUT2D eigenvalue weighted by atomic mass is 16.1. The van der Waals surface area contributed by atoms with Crippen LogP contribution in [-0.4, -0.2) is 5.78 Å². The van der Waals surface area contributed by atoms with Gasteiger partial charge in [-0.1, -0.05) is 12.5 Å². The Bertz CT molecular complexity index is 193. The monoisotopic (exact) mass is 150 g/mol. The molecule has 0 aromatic rings. The number of allylic oxidation sites excluding steroid dienone is 2. The maximum atomic E-state index is 11.3. The van der Waals surface area contributed by atoms with E-state index < -0.39 is 0 Å². The Morgan fingerprint density at radius 1 is 1.36 bits per heavy atom. The zero-order chi connectivity index (χ0) is 7.68. The first-order chi connectivity index (χ1) is 5.38.